The predicted molar refractivity (Wildman–Crippen MR) is 81.7 cm³/mol. The number of carbonyl (C=O) groups excluding carboxylic acids is 1. The Hall–Kier alpha value is -2.70. The molecule has 0 atom stereocenters. The van der Waals surface area contributed by atoms with Crippen LogP contribution >= 0.6 is 0 Å². The maximum absolute atomic E-state index is 12.4. The van der Waals surface area contributed by atoms with E-state index in [-0.39, 0.29) is 5.91 Å². The van der Waals surface area contributed by atoms with Crippen LogP contribution in [0.15, 0.2) is 24.7 Å². The van der Waals surface area contributed by atoms with Crippen molar-refractivity contribution in [3.8, 4) is 0 Å². The van der Waals surface area contributed by atoms with E-state index in [9.17, 15) is 4.79 Å². The van der Waals surface area contributed by atoms with Crippen LogP contribution in [0.5, 0.6) is 0 Å². The minimum atomic E-state index is -0.129. The van der Waals surface area contributed by atoms with Gasteiger partial charge in [0.25, 0.3) is 5.91 Å². The van der Waals surface area contributed by atoms with Gasteiger partial charge in [-0.25, -0.2) is 9.97 Å². The lowest BCUT2D eigenvalue weighted by atomic mass is 10.3. The molecule has 0 bridgehead atoms. The molecule has 0 aliphatic heterocycles. The van der Waals surface area contributed by atoms with Gasteiger partial charge in [-0.15, -0.1) is 0 Å². The van der Waals surface area contributed by atoms with Crippen molar-refractivity contribution >= 4 is 11.6 Å². The molecule has 114 valence electrons. The zero-order valence-electron chi connectivity index (χ0n) is 12.9. The van der Waals surface area contributed by atoms with E-state index in [1.165, 1.54) is 6.33 Å². The van der Waals surface area contributed by atoms with Gasteiger partial charge in [0.1, 0.15) is 23.5 Å². The minimum absolute atomic E-state index is 0.129. The zero-order valence-corrected chi connectivity index (χ0v) is 12.9. The van der Waals surface area contributed by atoms with Crippen LogP contribution in [0, 0.1) is 13.8 Å². The van der Waals surface area contributed by atoms with Crippen molar-refractivity contribution in [2.45, 2.75) is 20.3 Å². The summed E-state index contributed by atoms with van der Waals surface area (Å²) in [7, 11) is 1.83. The lowest BCUT2D eigenvalue weighted by Gasteiger charge is -2.06. The van der Waals surface area contributed by atoms with Crippen molar-refractivity contribution in [2.75, 3.05) is 6.54 Å². The molecule has 0 spiro atoms. The third-order valence-corrected chi connectivity index (χ3v) is 3.61. The quantitative estimate of drug-likeness (QED) is 0.781. The summed E-state index contributed by atoms with van der Waals surface area (Å²) in [5, 5.41) is 6.92. The third kappa shape index (κ3) is 2.57. The maximum Gasteiger partial charge on any atom is 0.270 e. The SMILES string of the molecule is Cc1ccn2c(C(=O)NCCc3ncnn3C)c(C)nc2c1. The Morgan fingerprint density at radius 1 is 1.36 bits per heavy atom. The Kier molecular flexibility index (Phi) is 3.62. The minimum Gasteiger partial charge on any atom is -0.350 e. The van der Waals surface area contributed by atoms with Crippen LogP contribution in [0.25, 0.3) is 5.65 Å². The van der Waals surface area contributed by atoms with Crippen molar-refractivity contribution in [1.29, 1.82) is 0 Å². The van der Waals surface area contributed by atoms with E-state index in [1.54, 1.807) is 4.68 Å². The number of aryl methyl sites for hydroxylation is 3. The second-order valence-corrected chi connectivity index (χ2v) is 5.28. The highest BCUT2D eigenvalue weighted by molar-refractivity contribution is 5.94. The second kappa shape index (κ2) is 5.59. The van der Waals surface area contributed by atoms with E-state index < -0.39 is 0 Å². The summed E-state index contributed by atoms with van der Waals surface area (Å²) in [5.41, 5.74) is 3.21. The summed E-state index contributed by atoms with van der Waals surface area (Å²) < 4.78 is 3.52. The van der Waals surface area contributed by atoms with Crippen LogP contribution in [0.4, 0.5) is 0 Å². The molecule has 1 N–H and O–H groups in total. The van der Waals surface area contributed by atoms with Crippen molar-refractivity contribution in [2.24, 2.45) is 7.05 Å². The van der Waals surface area contributed by atoms with Gasteiger partial charge in [0.2, 0.25) is 0 Å². The molecule has 22 heavy (non-hydrogen) atoms. The van der Waals surface area contributed by atoms with E-state index in [0.717, 1.165) is 22.7 Å². The number of hydrogen-bond acceptors (Lipinski definition) is 4. The Morgan fingerprint density at radius 2 is 2.18 bits per heavy atom. The van der Waals surface area contributed by atoms with Gasteiger partial charge < -0.3 is 5.32 Å². The normalized spacial score (nSPS) is 11.0. The number of nitrogens with zero attached hydrogens (tertiary/aromatic N) is 5. The van der Waals surface area contributed by atoms with E-state index in [0.29, 0.717) is 18.7 Å². The highest BCUT2D eigenvalue weighted by Crippen LogP contribution is 2.13. The fourth-order valence-electron chi connectivity index (χ4n) is 2.46. The van der Waals surface area contributed by atoms with Gasteiger partial charge in [-0.3, -0.25) is 13.9 Å². The van der Waals surface area contributed by atoms with Crippen LogP contribution in [-0.4, -0.2) is 36.6 Å². The second-order valence-electron chi connectivity index (χ2n) is 5.28. The standard InChI is InChI=1S/C15H18N6O/c1-10-5-7-21-13(8-10)19-11(2)14(21)15(22)16-6-4-12-17-9-18-20(12)3/h5,7-9H,4,6H2,1-3H3,(H,16,22). The molecule has 7 heteroatoms. The van der Waals surface area contributed by atoms with Gasteiger partial charge >= 0.3 is 0 Å². The molecule has 3 aromatic rings. The van der Waals surface area contributed by atoms with Crippen molar-refractivity contribution in [3.63, 3.8) is 0 Å². The summed E-state index contributed by atoms with van der Waals surface area (Å²) in [4.78, 5) is 21.0. The van der Waals surface area contributed by atoms with Crippen LogP contribution in [-0.2, 0) is 13.5 Å². The molecule has 0 fully saturated rings. The summed E-state index contributed by atoms with van der Waals surface area (Å²) in [6, 6.07) is 3.92. The van der Waals surface area contributed by atoms with Crippen LogP contribution in [0.2, 0.25) is 0 Å². The summed E-state index contributed by atoms with van der Waals surface area (Å²) >= 11 is 0. The van der Waals surface area contributed by atoms with Gasteiger partial charge in [0, 0.05) is 26.2 Å². The van der Waals surface area contributed by atoms with E-state index >= 15 is 0 Å². The molecular formula is C15H18N6O. The van der Waals surface area contributed by atoms with Crippen LogP contribution in [0.3, 0.4) is 0 Å². The topological polar surface area (TPSA) is 77.1 Å². The van der Waals surface area contributed by atoms with Gasteiger partial charge in [-0.1, -0.05) is 0 Å². The summed E-state index contributed by atoms with van der Waals surface area (Å²) in [6.07, 6.45) is 4.02. The molecule has 0 aliphatic rings. The first-order chi connectivity index (χ1) is 10.6. The molecule has 7 nitrogen and oxygen atoms in total. The smallest absolute Gasteiger partial charge is 0.270 e. The highest BCUT2D eigenvalue weighted by Gasteiger charge is 2.16. The van der Waals surface area contributed by atoms with E-state index in [2.05, 4.69) is 20.4 Å². The maximum atomic E-state index is 12.4. The Labute approximate surface area is 128 Å². The van der Waals surface area contributed by atoms with Gasteiger partial charge in [-0.05, 0) is 31.5 Å². The molecule has 0 aromatic carbocycles. The number of hydrogen-bond donors (Lipinski definition) is 1. The molecule has 0 saturated carbocycles. The van der Waals surface area contributed by atoms with Crippen LogP contribution in [0.1, 0.15) is 27.6 Å². The number of amides is 1. The van der Waals surface area contributed by atoms with E-state index in [4.69, 9.17) is 0 Å². The molecule has 3 heterocycles. The Balaban J connectivity index is 1.75. The fourth-order valence-corrected chi connectivity index (χ4v) is 2.46. The average molecular weight is 298 g/mol. The molecule has 3 rings (SSSR count). The number of imidazole rings is 1. The summed E-state index contributed by atoms with van der Waals surface area (Å²) in [6.45, 7) is 4.36. The van der Waals surface area contributed by atoms with Gasteiger partial charge in [-0.2, -0.15) is 5.10 Å². The molecule has 3 aromatic heterocycles. The molecule has 0 aliphatic carbocycles. The zero-order chi connectivity index (χ0) is 15.7. The molecular weight excluding hydrogens is 280 g/mol. The predicted octanol–water partition coefficient (Wildman–Crippen LogP) is 1.05. The largest absolute Gasteiger partial charge is 0.350 e. The monoisotopic (exact) mass is 298 g/mol. The number of fused-ring (bicyclic) bond motifs is 1. The number of pyridine rings is 1. The first-order valence-electron chi connectivity index (χ1n) is 7.12. The van der Waals surface area contributed by atoms with Gasteiger partial charge in [0.15, 0.2) is 0 Å². The van der Waals surface area contributed by atoms with Crippen molar-refractivity contribution in [3.05, 3.63) is 47.4 Å². The lowest BCUT2D eigenvalue weighted by molar-refractivity contribution is 0.0947. The van der Waals surface area contributed by atoms with Gasteiger partial charge in [0.05, 0.1) is 5.69 Å². The number of nitrogens with one attached hydrogen (secondary N) is 1. The number of rotatable bonds is 4. The molecule has 0 saturated heterocycles. The first kappa shape index (κ1) is 14.2. The number of carbonyl (C=O) groups is 1. The van der Waals surface area contributed by atoms with E-state index in [1.807, 2.05) is 43.6 Å². The number of aromatic nitrogens is 5. The average Bonchev–Trinajstić information content (AvgIpc) is 3.01. The van der Waals surface area contributed by atoms with Crippen LogP contribution < -0.4 is 5.32 Å². The Morgan fingerprint density at radius 3 is 2.91 bits per heavy atom. The lowest BCUT2D eigenvalue weighted by Crippen LogP contribution is -2.28. The first-order valence-corrected chi connectivity index (χ1v) is 7.12. The Bertz CT molecular complexity index is 832. The molecule has 1 amide bonds. The molecule has 0 unspecified atom stereocenters. The fraction of sp³-hybridized carbons (Fsp3) is 0.333. The highest BCUT2D eigenvalue weighted by atomic mass is 16.1. The van der Waals surface area contributed by atoms with Crippen molar-refractivity contribution < 1.29 is 4.79 Å². The summed E-state index contributed by atoms with van der Waals surface area (Å²) in [5.74, 6) is 0.710. The van der Waals surface area contributed by atoms with Crippen molar-refractivity contribution in [1.82, 2.24) is 29.5 Å². The molecule has 0 radical (unpaired) electrons. The third-order valence-electron chi connectivity index (χ3n) is 3.61.